The van der Waals surface area contributed by atoms with Gasteiger partial charge in [0.25, 0.3) is 0 Å². The molecule has 0 aliphatic heterocycles. The SMILES string of the molecule is Bc1c(C)[nH]c2ncsc12. The Balaban J connectivity index is 2.95. The van der Waals surface area contributed by atoms with E-state index < -0.39 is 0 Å². The van der Waals surface area contributed by atoms with Gasteiger partial charge < -0.3 is 4.98 Å². The Hall–Kier alpha value is -0.765. The molecule has 0 aliphatic carbocycles. The van der Waals surface area contributed by atoms with Crippen LogP contribution in [0.3, 0.4) is 0 Å². The summed E-state index contributed by atoms with van der Waals surface area (Å²) in [6.45, 7) is 2.07. The number of hydrogen-bond donors (Lipinski definition) is 1. The predicted molar refractivity (Wildman–Crippen MR) is 46.9 cm³/mol. The van der Waals surface area contributed by atoms with Crippen molar-refractivity contribution in [2.75, 3.05) is 0 Å². The molecule has 4 heteroatoms. The summed E-state index contributed by atoms with van der Waals surface area (Å²) >= 11 is 1.69. The molecule has 0 saturated carbocycles. The highest BCUT2D eigenvalue weighted by molar-refractivity contribution is 7.18. The minimum Gasteiger partial charge on any atom is -0.343 e. The van der Waals surface area contributed by atoms with E-state index in [1.807, 2.05) is 5.51 Å². The minimum atomic E-state index is 1.03. The lowest BCUT2D eigenvalue weighted by atomic mass is 9.97. The van der Waals surface area contributed by atoms with Gasteiger partial charge in [-0.3, -0.25) is 0 Å². The second-order valence-corrected chi connectivity index (χ2v) is 3.26. The first-order valence-corrected chi connectivity index (χ1v) is 4.05. The lowest BCUT2D eigenvalue weighted by molar-refractivity contribution is 1.27. The Bertz CT molecular complexity index is 363. The maximum Gasteiger partial charge on any atom is 0.147 e. The Kier molecular flexibility index (Phi) is 1.11. The zero-order valence-electron chi connectivity index (χ0n) is 5.93. The number of thiazole rings is 1. The smallest absolute Gasteiger partial charge is 0.147 e. The van der Waals surface area contributed by atoms with Gasteiger partial charge in [-0.05, 0) is 12.4 Å². The van der Waals surface area contributed by atoms with Gasteiger partial charge in [-0.2, -0.15) is 0 Å². The van der Waals surface area contributed by atoms with Gasteiger partial charge in [0.1, 0.15) is 13.5 Å². The molecule has 1 N–H and O–H groups in total. The van der Waals surface area contributed by atoms with Gasteiger partial charge in [0.05, 0.1) is 10.2 Å². The van der Waals surface area contributed by atoms with E-state index in [0.717, 1.165) is 5.65 Å². The van der Waals surface area contributed by atoms with Gasteiger partial charge in [0.2, 0.25) is 0 Å². The molecule has 2 aromatic heterocycles. The third kappa shape index (κ3) is 0.624. The average Bonchev–Trinajstić information content (AvgIpc) is 2.41. The van der Waals surface area contributed by atoms with Gasteiger partial charge in [-0.15, -0.1) is 11.3 Å². The molecule has 0 radical (unpaired) electrons. The highest BCUT2D eigenvalue weighted by Crippen LogP contribution is 2.14. The van der Waals surface area contributed by atoms with E-state index >= 15 is 0 Å². The lowest BCUT2D eigenvalue weighted by Crippen LogP contribution is -2.01. The van der Waals surface area contributed by atoms with E-state index in [-0.39, 0.29) is 0 Å². The minimum absolute atomic E-state index is 1.03. The zero-order valence-corrected chi connectivity index (χ0v) is 6.75. The molecule has 0 saturated heterocycles. The molecule has 0 spiro atoms. The Morgan fingerprint density at radius 3 is 3.20 bits per heavy atom. The highest BCUT2D eigenvalue weighted by Gasteiger charge is 2.04. The summed E-state index contributed by atoms with van der Waals surface area (Å²) in [5.74, 6) is 0. The van der Waals surface area contributed by atoms with Gasteiger partial charge in [0, 0.05) is 5.69 Å². The van der Waals surface area contributed by atoms with Crippen LogP contribution in [0.2, 0.25) is 0 Å². The summed E-state index contributed by atoms with van der Waals surface area (Å²) < 4.78 is 1.29. The van der Waals surface area contributed by atoms with E-state index in [2.05, 4.69) is 24.7 Å². The van der Waals surface area contributed by atoms with Crippen LogP contribution < -0.4 is 5.46 Å². The summed E-state index contributed by atoms with van der Waals surface area (Å²) in [7, 11) is 2.12. The number of aryl methyl sites for hydroxylation is 1. The van der Waals surface area contributed by atoms with Crippen LogP contribution in [-0.2, 0) is 0 Å². The first-order valence-electron chi connectivity index (χ1n) is 3.17. The molecule has 2 aromatic rings. The summed E-state index contributed by atoms with van der Waals surface area (Å²) in [5, 5.41) is 0. The number of aromatic amines is 1. The van der Waals surface area contributed by atoms with Gasteiger partial charge >= 0.3 is 0 Å². The molecule has 50 valence electrons. The molecule has 2 nitrogen and oxygen atoms in total. The molecule has 0 unspecified atom stereocenters. The van der Waals surface area contributed by atoms with Crippen LogP contribution in [0.15, 0.2) is 5.51 Å². The van der Waals surface area contributed by atoms with Crippen molar-refractivity contribution in [3.63, 3.8) is 0 Å². The highest BCUT2D eigenvalue weighted by atomic mass is 32.1. The average molecular weight is 150 g/mol. The fourth-order valence-electron chi connectivity index (χ4n) is 1.04. The largest absolute Gasteiger partial charge is 0.343 e. The summed E-state index contributed by atoms with van der Waals surface area (Å²) in [6, 6.07) is 0. The maximum atomic E-state index is 4.16. The monoisotopic (exact) mass is 150 g/mol. The molecule has 2 rings (SSSR count). The molecule has 0 amide bonds. The van der Waals surface area contributed by atoms with Crippen molar-refractivity contribution < 1.29 is 0 Å². The lowest BCUT2D eigenvalue weighted by Gasteiger charge is -1.83. The summed E-state index contributed by atoms with van der Waals surface area (Å²) in [5.41, 5.74) is 5.46. The topological polar surface area (TPSA) is 28.7 Å². The molecular weight excluding hydrogens is 143 g/mol. The molecule has 0 aliphatic rings. The number of H-pyrrole nitrogens is 1. The van der Waals surface area contributed by atoms with Gasteiger partial charge in [-0.1, -0.05) is 0 Å². The van der Waals surface area contributed by atoms with E-state index in [1.54, 1.807) is 11.3 Å². The van der Waals surface area contributed by atoms with Crippen molar-refractivity contribution in [3.05, 3.63) is 11.2 Å². The van der Waals surface area contributed by atoms with Crippen LogP contribution in [0.25, 0.3) is 10.3 Å². The number of nitrogens with zero attached hydrogens (tertiary/aromatic N) is 1. The predicted octanol–water partition coefficient (Wildman–Crippen LogP) is 0.191. The number of fused-ring (bicyclic) bond motifs is 1. The van der Waals surface area contributed by atoms with Crippen LogP contribution in [-0.4, -0.2) is 17.8 Å². The molecular formula is C6H7BN2S. The molecule has 10 heavy (non-hydrogen) atoms. The summed E-state index contributed by atoms with van der Waals surface area (Å²) in [6.07, 6.45) is 0. The fourth-order valence-corrected chi connectivity index (χ4v) is 1.85. The van der Waals surface area contributed by atoms with Crippen LogP contribution >= 0.6 is 11.3 Å². The quantitative estimate of drug-likeness (QED) is 0.533. The first kappa shape index (κ1) is 5.98. The molecule has 0 aromatic carbocycles. The van der Waals surface area contributed by atoms with Crippen molar-refractivity contribution in [3.8, 4) is 0 Å². The number of rotatable bonds is 0. The van der Waals surface area contributed by atoms with Crippen molar-refractivity contribution >= 4 is 35.0 Å². The van der Waals surface area contributed by atoms with Crippen LogP contribution in [0.1, 0.15) is 5.69 Å². The maximum absolute atomic E-state index is 4.16. The molecule has 0 bridgehead atoms. The number of aromatic nitrogens is 2. The van der Waals surface area contributed by atoms with Crippen molar-refractivity contribution in [2.24, 2.45) is 0 Å². The van der Waals surface area contributed by atoms with E-state index in [9.17, 15) is 0 Å². The Morgan fingerprint density at radius 2 is 2.50 bits per heavy atom. The van der Waals surface area contributed by atoms with Crippen LogP contribution in [0.4, 0.5) is 0 Å². The van der Waals surface area contributed by atoms with Gasteiger partial charge in [-0.25, -0.2) is 4.98 Å². The molecule has 2 heterocycles. The normalized spacial score (nSPS) is 10.9. The van der Waals surface area contributed by atoms with E-state index in [4.69, 9.17) is 0 Å². The van der Waals surface area contributed by atoms with Crippen molar-refractivity contribution in [2.45, 2.75) is 6.92 Å². The summed E-state index contributed by atoms with van der Waals surface area (Å²) in [4.78, 5) is 7.37. The second-order valence-electron chi connectivity index (χ2n) is 2.41. The first-order chi connectivity index (χ1) is 4.79. The third-order valence-electron chi connectivity index (χ3n) is 1.78. The van der Waals surface area contributed by atoms with Crippen LogP contribution in [0, 0.1) is 6.92 Å². The number of nitrogens with one attached hydrogen (secondary N) is 1. The second kappa shape index (κ2) is 1.86. The standard InChI is InChI=1S/C6H7BN2S/c1-3-4(7)5-6(9-3)8-2-10-5/h2,9H,7H2,1H3. The molecule has 0 atom stereocenters. The fraction of sp³-hybridized carbons (Fsp3) is 0.167. The van der Waals surface area contributed by atoms with Gasteiger partial charge in [0.15, 0.2) is 0 Å². The Morgan fingerprint density at radius 1 is 1.70 bits per heavy atom. The third-order valence-corrected chi connectivity index (χ3v) is 2.72. The van der Waals surface area contributed by atoms with Crippen LogP contribution in [0.5, 0.6) is 0 Å². The number of hydrogen-bond acceptors (Lipinski definition) is 2. The van der Waals surface area contributed by atoms with E-state index in [1.165, 1.54) is 15.9 Å². The van der Waals surface area contributed by atoms with Crippen molar-refractivity contribution in [1.82, 2.24) is 9.97 Å². The zero-order chi connectivity index (χ0) is 7.14. The Labute approximate surface area is 63.7 Å². The van der Waals surface area contributed by atoms with Crippen molar-refractivity contribution in [1.29, 1.82) is 0 Å². The molecule has 0 fully saturated rings. The van der Waals surface area contributed by atoms with E-state index in [0.29, 0.717) is 0 Å².